The zero-order valence-electron chi connectivity index (χ0n) is 39.9. The van der Waals surface area contributed by atoms with Crippen LogP contribution in [0, 0.1) is 0 Å². The van der Waals surface area contributed by atoms with E-state index in [1.54, 1.807) is 0 Å². The Morgan fingerprint density at radius 3 is 0.315 bits per heavy atom. The van der Waals surface area contributed by atoms with Crippen molar-refractivity contribution in [1.29, 1.82) is 0 Å². The summed E-state index contributed by atoms with van der Waals surface area (Å²) in [5.41, 5.74) is 0. The normalized spacial score (nSPS) is 14.4. The van der Waals surface area contributed by atoms with E-state index in [4.69, 9.17) is 33.7 Å². The van der Waals surface area contributed by atoms with Crippen LogP contribution in [0.2, 0.25) is 0 Å². The van der Waals surface area contributed by atoms with Gasteiger partial charge in [0.25, 0.3) is 0 Å². The zero-order valence-corrected chi connectivity index (χ0v) is 44.9. The Labute approximate surface area is 360 Å². The molecule has 0 rings (SSSR count). The van der Waals surface area contributed by atoms with Gasteiger partial charge in [-0.15, -0.1) is 0 Å². The van der Waals surface area contributed by atoms with E-state index >= 15 is 0 Å². The van der Waals surface area contributed by atoms with E-state index in [2.05, 4.69) is 83.1 Å². The summed E-state index contributed by atoms with van der Waals surface area (Å²) in [5.74, 6) is -5.67. The van der Waals surface area contributed by atoms with Gasteiger partial charge in [-0.2, -0.15) is 0 Å². The molecule has 0 amide bonds. The molecule has 0 saturated carbocycles. The third kappa shape index (κ3) is 27.8. The molecule has 0 aliphatic heterocycles. The van der Waals surface area contributed by atoms with Crippen LogP contribution in [0.25, 0.3) is 0 Å². The van der Waals surface area contributed by atoms with Gasteiger partial charge in [0.15, 0.2) is 0 Å². The minimum atomic E-state index is -1.89. The van der Waals surface area contributed by atoms with Crippen molar-refractivity contribution >= 4 is 51.6 Å². The molecule has 0 spiro atoms. The van der Waals surface area contributed by atoms with Crippen LogP contribution in [0.3, 0.4) is 0 Å². The second-order valence-electron chi connectivity index (χ2n) is 18.4. The third-order valence-electron chi connectivity index (χ3n) is 12.8. The first-order chi connectivity index (χ1) is 25.6. The van der Waals surface area contributed by atoms with Gasteiger partial charge in [-0.25, -0.2) is 0 Å². The molecule has 0 aromatic carbocycles. The van der Waals surface area contributed by atoms with Crippen molar-refractivity contribution in [1.82, 2.24) is 0 Å². The maximum absolute atomic E-state index is 7.44. The molecule has 0 nitrogen and oxygen atoms in total. The second kappa shape index (κ2) is 34.8. The molecule has 0 aliphatic rings. The van der Waals surface area contributed by atoms with Gasteiger partial charge < -0.3 is 0 Å². The third-order valence-corrected chi connectivity index (χ3v) is 36.1. The average molecular weight is 885 g/mol. The van der Waals surface area contributed by atoms with Gasteiger partial charge in [-0.05, 0) is 0 Å². The first kappa shape index (κ1) is 60.5. The molecule has 0 aliphatic carbocycles. The Hall–Kier alpha value is 2.16. The van der Waals surface area contributed by atoms with Crippen LogP contribution in [-0.4, -0.2) is 73.9 Å². The summed E-state index contributed by atoms with van der Waals surface area (Å²) in [6, 6.07) is 0. The van der Waals surface area contributed by atoms with Crippen LogP contribution in [0.5, 0.6) is 0 Å². The van der Waals surface area contributed by atoms with Crippen LogP contribution < -0.4 is 0 Å². The summed E-state index contributed by atoms with van der Waals surface area (Å²) < 4.78 is 0. The first-order valence-corrected chi connectivity index (χ1v) is 36.4. The van der Waals surface area contributed by atoms with Gasteiger partial charge >= 0.3 is 363 Å². The topological polar surface area (TPSA) is 0 Å². The van der Waals surface area contributed by atoms with Crippen LogP contribution in [0.15, 0.2) is 0 Å². The van der Waals surface area contributed by atoms with Crippen LogP contribution >= 0.6 is 51.6 Å². The van der Waals surface area contributed by atoms with E-state index in [0.717, 1.165) is 0 Å². The van der Waals surface area contributed by atoms with Gasteiger partial charge in [-0.1, -0.05) is 0 Å². The molecular formula is C48H108Cl3P3. The number of hydrogen-bond donors (Lipinski definition) is 0. The monoisotopic (exact) mass is 883 g/mol. The van der Waals surface area contributed by atoms with Gasteiger partial charge in [0.1, 0.15) is 0 Å². The molecule has 0 atom stereocenters. The molecule has 0 N–H and O–H groups in total. The van der Waals surface area contributed by atoms with E-state index in [0.29, 0.717) is 0 Å². The first-order valence-electron chi connectivity index (χ1n) is 24.8. The fourth-order valence-electron chi connectivity index (χ4n) is 8.65. The Bertz CT molecular complexity index is 584. The van der Waals surface area contributed by atoms with Gasteiger partial charge in [0.2, 0.25) is 0 Å². The van der Waals surface area contributed by atoms with Crippen molar-refractivity contribution in [3.8, 4) is 0 Å². The van der Waals surface area contributed by atoms with E-state index < -0.39 is 17.9 Å². The predicted octanol–water partition coefficient (Wildman–Crippen LogP) is 20.7. The second-order valence-corrected chi connectivity index (χ2v) is 43.3. The van der Waals surface area contributed by atoms with E-state index in [-0.39, 0.29) is 0 Å². The summed E-state index contributed by atoms with van der Waals surface area (Å²) in [6.45, 7) is 27.6. The van der Waals surface area contributed by atoms with Crippen molar-refractivity contribution in [2.75, 3.05) is 73.9 Å². The van der Waals surface area contributed by atoms with Gasteiger partial charge in [0, 0.05) is 0 Å². The fraction of sp³-hybridized carbons (Fsp3) is 1.00. The van der Waals surface area contributed by atoms with Gasteiger partial charge in [-0.3, -0.25) is 0 Å². The van der Waals surface area contributed by atoms with E-state index in [1.807, 2.05) is 0 Å². The van der Waals surface area contributed by atoms with E-state index in [1.165, 1.54) is 228 Å². The van der Waals surface area contributed by atoms with Crippen molar-refractivity contribution in [3.05, 3.63) is 0 Å². The van der Waals surface area contributed by atoms with Gasteiger partial charge in [0.05, 0.1) is 0 Å². The maximum atomic E-state index is 7.44. The van der Waals surface area contributed by atoms with Crippen molar-refractivity contribution < 1.29 is 0 Å². The summed E-state index contributed by atoms with van der Waals surface area (Å²) in [6.07, 6.45) is 48.0. The molecule has 0 aromatic rings. The van der Waals surface area contributed by atoms with Crippen LogP contribution in [0.1, 0.15) is 237 Å². The number of rotatable bonds is 36. The summed E-state index contributed by atoms with van der Waals surface area (Å²) in [7, 11) is 0. The Kier molecular flexibility index (Phi) is 39.0. The number of hydrogen-bond acceptors (Lipinski definition) is 0. The summed E-state index contributed by atoms with van der Waals surface area (Å²) >= 11 is 22.3. The minimum absolute atomic E-state index is 1.30. The molecule has 54 heavy (non-hydrogen) atoms. The molecular weight excluding hydrogens is 776 g/mol. The SMILES string of the molecule is CCCCP(Cl)(CCCC)(CCCC)CCCC.CCCCP(Cl)(CCCC)(CCCC)CCCC.CCCCP(Cl)(CCCC)(CCCC)CCCC. The number of halogens is 3. The predicted molar refractivity (Wildman–Crippen MR) is 276 cm³/mol. The Morgan fingerprint density at radius 2 is 0.259 bits per heavy atom. The fourth-order valence-corrected chi connectivity index (χ4v) is 30.3. The molecule has 0 saturated heterocycles. The quantitative estimate of drug-likeness (QED) is 0.0550. The van der Waals surface area contributed by atoms with Crippen molar-refractivity contribution in [3.63, 3.8) is 0 Å². The number of unbranched alkanes of at least 4 members (excludes halogenated alkanes) is 12. The Balaban J connectivity index is -0.000000722. The summed E-state index contributed by atoms with van der Waals surface area (Å²) in [4.78, 5) is 0. The van der Waals surface area contributed by atoms with Crippen molar-refractivity contribution in [2.24, 2.45) is 0 Å². The van der Waals surface area contributed by atoms with Crippen molar-refractivity contribution in [2.45, 2.75) is 237 Å². The van der Waals surface area contributed by atoms with E-state index in [9.17, 15) is 0 Å². The molecule has 0 heterocycles. The molecule has 0 unspecified atom stereocenters. The molecule has 0 bridgehead atoms. The van der Waals surface area contributed by atoms with Crippen LogP contribution in [-0.2, 0) is 0 Å². The molecule has 6 heteroatoms. The molecule has 0 fully saturated rings. The van der Waals surface area contributed by atoms with Crippen LogP contribution in [0.4, 0.5) is 0 Å². The zero-order chi connectivity index (χ0) is 41.8. The summed E-state index contributed by atoms with van der Waals surface area (Å²) in [5, 5.41) is 0. The molecule has 336 valence electrons. The molecule has 0 aromatic heterocycles. The Morgan fingerprint density at radius 1 is 0.185 bits per heavy atom. The molecule has 0 radical (unpaired) electrons. The standard InChI is InChI=1S/3C16H36ClP/c3*1-5-9-13-18(17,14-10-6-2,15-11-7-3)16-12-8-4/h3*5-16H2,1-4H3. The average Bonchev–Trinajstić information content (AvgIpc) is 3.19.